The molecule has 1 aliphatic rings. The van der Waals surface area contributed by atoms with Crippen molar-refractivity contribution in [2.24, 2.45) is 0 Å². The van der Waals surface area contributed by atoms with E-state index >= 15 is 0 Å². The van der Waals surface area contributed by atoms with Crippen LogP contribution < -0.4 is 15.0 Å². The van der Waals surface area contributed by atoms with E-state index in [0.29, 0.717) is 16.3 Å². The number of rotatable bonds is 7. The fourth-order valence-corrected chi connectivity index (χ4v) is 4.80. The smallest absolute Gasteiger partial charge is 0.280 e. The van der Waals surface area contributed by atoms with E-state index in [1.165, 1.54) is 41.2 Å². The van der Waals surface area contributed by atoms with E-state index in [1.807, 2.05) is 35.7 Å². The van der Waals surface area contributed by atoms with Gasteiger partial charge in [0.2, 0.25) is 5.91 Å². The number of aromatic nitrogens is 2. The molecule has 2 heterocycles. The zero-order valence-electron chi connectivity index (χ0n) is 17.9. The van der Waals surface area contributed by atoms with Gasteiger partial charge in [0.15, 0.2) is 0 Å². The molecule has 3 aromatic rings. The number of carbonyl (C=O) groups is 2. The first-order chi connectivity index (χ1) is 15.7. The number of hydrogen-bond acceptors (Lipinski definition) is 6. The average Bonchev–Trinajstić information content (AvgIpc) is 3.37. The second kappa shape index (κ2) is 10.4. The summed E-state index contributed by atoms with van der Waals surface area (Å²) in [4.78, 5) is 37.1. The molecule has 1 aliphatic carbocycles. The molecule has 1 N–H and O–H groups in total. The van der Waals surface area contributed by atoms with Crippen LogP contribution in [-0.2, 0) is 4.79 Å². The normalized spacial score (nSPS) is 15.0. The van der Waals surface area contributed by atoms with Crippen molar-refractivity contribution in [1.82, 2.24) is 15.3 Å². The number of ether oxygens (including phenoxy) is 1. The molecule has 7 nitrogen and oxygen atoms in total. The number of benzene rings is 1. The van der Waals surface area contributed by atoms with Gasteiger partial charge in [-0.2, -0.15) is 0 Å². The Labute approximate surface area is 191 Å². The van der Waals surface area contributed by atoms with Gasteiger partial charge in [0.1, 0.15) is 17.5 Å². The lowest BCUT2D eigenvalue weighted by Gasteiger charge is -2.32. The molecule has 4 rings (SSSR count). The lowest BCUT2D eigenvalue weighted by molar-refractivity contribution is -0.123. The highest BCUT2D eigenvalue weighted by molar-refractivity contribution is 7.14. The Hall–Kier alpha value is -3.26. The number of amides is 2. The molecule has 8 heteroatoms. The Morgan fingerprint density at radius 3 is 2.69 bits per heavy atom. The molecule has 0 unspecified atom stereocenters. The second-order valence-electron chi connectivity index (χ2n) is 7.74. The largest absolute Gasteiger partial charge is 0.497 e. The maximum absolute atomic E-state index is 13.7. The van der Waals surface area contributed by atoms with Crippen LogP contribution in [0.4, 0.5) is 5.00 Å². The highest BCUT2D eigenvalue weighted by atomic mass is 32.1. The van der Waals surface area contributed by atoms with Crippen LogP contribution in [0.5, 0.6) is 5.75 Å². The fraction of sp³-hybridized carbons (Fsp3) is 0.333. The highest BCUT2D eigenvalue weighted by Gasteiger charge is 2.36. The van der Waals surface area contributed by atoms with Crippen molar-refractivity contribution in [3.8, 4) is 5.75 Å². The summed E-state index contributed by atoms with van der Waals surface area (Å²) in [5, 5.41) is 5.74. The van der Waals surface area contributed by atoms with E-state index < -0.39 is 6.04 Å². The number of thiophene rings is 1. The van der Waals surface area contributed by atoms with Gasteiger partial charge >= 0.3 is 0 Å². The van der Waals surface area contributed by atoms with Crippen LogP contribution >= 0.6 is 11.3 Å². The molecule has 32 heavy (non-hydrogen) atoms. The predicted molar refractivity (Wildman–Crippen MR) is 124 cm³/mol. The van der Waals surface area contributed by atoms with Gasteiger partial charge in [0.25, 0.3) is 5.91 Å². The molecule has 0 radical (unpaired) electrons. The predicted octanol–water partition coefficient (Wildman–Crippen LogP) is 4.38. The summed E-state index contributed by atoms with van der Waals surface area (Å²) in [6.07, 6.45) is 9.71. The van der Waals surface area contributed by atoms with E-state index in [2.05, 4.69) is 15.3 Å². The maximum Gasteiger partial charge on any atom is 0.280 e. The summed E-state index contributed by atoms with van der Waals surface area (Å²) < 4.78 is 5.40. The molecular formula is C24H26N4O3S. The minimum Gasteiger partial charge on any atom is -0.497 e. The minimum absolute atomic E-state index is 0.112. The van der Waals surface area contributed by atoms with Crippen molar-refractivity contribution in [1.29, 1.82) is 0 Å². The number of hydrogen-bond donors (Lipinski definition) is 1. The van der Waals surface area contributed by atoms with E-state index in [4.69, 9.17) is 4.74 Å². The molecule has 2 aromatic heterocycles. The molecule has 0 aliphatic heterocycles. The van der Waals surface area contributed by atoms with Gasteiger partial charge in [-0.25, -0.2) is 4.98 Å². The van der Waals surface area contributed by atoms with Crippen molar-refractivity contribution < 1.29 is 14.3 Å². The molecule has 1 atom stereocenters. The molecule has 0 saturated heterocycles. The lowest BCUT2D eigenvalue weighted by atomic mass is 9.94. The highest BCUT2D eigenvalue weighted by Crippen LogP contribution is 2.34. The van der Waals surface area contributed by atoms with Gasteiger partial charge in [-0.1, -0.05) is 31.4 Å². The number of anilines is 1. The summed E-state index contributed by atoms with van der Waals surface area (Å²) in [6.45, 7) is 0. The van der Waals surface area contributed by atoms with Crippen LogP contribution in [0.15, 0.2) is 60.4 Å². The van der Waals surface area contributed by atoms with Crippen molar-refractivity contribution in [2.75, 3.05) is 12.0 Å². The van der Waals surface area contributed by atoms with Crippen molar-refractivity contribution in [3.05, 3.63) is 71.6 Å². The molecule has 1 fully saturated rings. The Bertz CT molecular complexity index is 1040. The quantitative estimate of drug-likeness (QED) is 0.577. The number of methoxy groups -OCH3 is 1. The fourth-order valence-electron chi connectivity index (χ4n) is 4.04. The molecule has 166 valence electrons. The van der Waals surface area contributed by atoms with E-state index in [-0.39, 0.29) is 23.6 Å². The zero-order chi connectivity index (χ0) is 22.3. The van der Waals surface area contributed by atoms with Gasteiger partial charge in [-0.3, -0.25) is 19.5 Å². The topological polar surface area (TPSA) is 84.4 Å². The van der Waals surface area contributed by atoms with E-state index in [1.54, 1.807) is 13.2 Å². The van der Waals surface area contributed by atoms with Crippen molar-refractivity contribution >= 4 is 28.2 Å². The van der Waals surface area contributed by atoms with Gasteiger partial charge < -0.3 is 10.1 Å². The van der Waals surface area contributed by atoms with Crippen LogP contribution in [0.1, 0.15) is 54.2 Å². The third kappa shape index (κ3) is 4.96. The van der Waals surface area contributed by atoms with E-state index in [9.17, 15) is 9.59 Å². The van der Waals surface area contributed by atoms with Crippen molar-refractivity contribution in [3.63, 3.8) is 0 Å². The SMILES string of the molecule is COc1cccc([C@H](C(=O)NC2CCCCC2)N(C(=O)c2cnccn2)c2cccs2)c1. The summed E-state index contributed by atoms with van der Waals surface area (Å²) >= 11 is 1.40. The summed E-state index contributed by atoms with van der Waals surface area (Å²) in [6, 6.07) is 10.2. The first-order valence-electron chi connectivity index (χ1n) is 10.7. The number of nitrogens with one attached hydrogen (secondary N) is 1. The van der Waals surface area contributed by atoms with Crippen LogP contribution in [-0.4, -0.2) is 34.9 Å². The van der Waals surface area contributed by atoms with E-state index in [0.717, 1.165) is 25.7 Å². The Balaban J connectivity index is 1.77. The lowest BCUT2D eigenvalue weighted by Crippen LogP contribution is -2.47. The third-order valence-corrected chi connectivity index (χ3v) is 6.48. The van der Waals surface area contributed by atoms with Crippen LogP contribution in [0.2, 0.25) is 0 Å². The second-order valence-corrected chi connectivity index (χ2v) is 8.67. The monoisotopic (exact) mass is 450 g/mol. The zero-order valence-corrected chi connectivity index (χ0v) is 18.8. The Kier molecular flexibility index (Phi) is 7.11. The van der Waals surface area contributed by atoms with Crippen LogP contribution in [0, 0.1) is 0 Å². The molecule has 0 spiro atoms. The van der Waals surface area contributed by atoms with Gasteiger partial charge in [-0.05, 0) is 48.1 Å². The first kappa shape index (κ1) is 22.0. The molecule has 0 bridgehead atoms. The molecular weight excluding hydrogens is 424 g/mol. The summed E-state index contributed by atoms with van der Waals surface area (Å²) in [7, 11) is 1.58. The standard InChI is InChI=1S/C24H26N4O3S/c1-31-19-10-5-7-17(15-19)22(23(29)27-18-8-3-2-4-9-18)28(21-11-6-14-32-21)24(30)20-16-25-12-13-26-20/h5-7,10-16,18,22H,2-4,8-9H2,1H3,(H,27,29)/t22-/m1/s1. The first-order valence-corrected chi connectivity index (χ1v) is 11.6. The van der Waals surface area contributed by atoms with Gasteiger partial charge in [0.05, 0.1) is 18.3 Å². The Morgan fingerprint density at radius 1 is 1.16 bits per heavy atom. The number of carbonyl (C=O) groups excluding carboxylic acids is 2. The van der Waals surface area contributed by atoms with Crippen molar-refractivity contribution in [2.45, 2.75) is 44.2 Å². The number of nitrogens with zero attached hydrogens (tertiary/aromatic N) is 3. The summed E-state index contributed by atoms with van der Waals surface area (Å²) in [5.74, 6) is 0.0269. The average molecular weight is 451 g/mol. The van der Waals surface area contributed by atoms with Crippen LogP contribution in [0.25, 0.3) is 0 Å². The molecule has 1 saturated carbocycles. The minimum atomic E-state index is -0.875. The Morgan fingerprint density at radius 2 is 2.00 bits per heavy atom. The molecule has 2 amide bonds. The summed E-state index contributed by atoms with van der Waals surface area (Å²) in [5.41, 5.74) is 0.850. The third-order valence-electron chi connectivity index (χ3n) is 5.61. The van der Waals surface area contributed by atoms with Crippen LogP contribution in [0.3, 0.4) is 0 Å². The van der Waals surface area contributed by atoms with Gasteiger partial charge in [0, 0.05) is 18.4 Å². The van der Waals surface area contributed by atoms with Gasteiger partial charge in [-0.15, -0.1) is 11.3 Å². The molecule has 1 aromatic carbocycles. The maximum atomic E-state index is 13.7.